The molecule has 2 N–H and O–H groups in total. The summed E-state index contributed by atoms with van der Waals surface area (Å²) in [6.45, 7) is 0.415. The lowest BCUT2D eigenvalue weighted by molar-refractivity contribution is 0.0951. The summed E-state index contributed by atoms with van der Waals surface area (Å²) < 4.78 is 0. The van der Waals surface area contributed by atoms with Gasteiger partial charge in [0.1, 0.15) is 0 Å². The first-order valence-corrected chi connectivity index (χ1v) is 6.65. The average molecular weight is 282 g/mol. The van der Waals surface area contributed by atoms with Gasteiger partial charge in [0.25, 0.3) is 5.91 Å². The third-order valence-electron chi connectivity index (χ3n) is 2.41. The van der Waals surface area contributed by atoms with E-state index < -0.39 is 0 Å². The molecule has 4 nitrogen and oxygen atoms in total. The molecule has 6 heteroatoms. The summed E-state index contributed by atoms with van der Waals surface area (Å²) in [7, 11) is 1.76. The van der Waals surface area contributed by atoms with Crippen LogP contribution in [0.2, 0.25) is 5.02 Å². The number of nitrogens with zero attached hydrogens (tertiary/aromatic N) is 1. The van der Waals surface area contributed by atoms with Gasteiger partial charge in [-0.25, -0.2) is 4.98 Å². The number of rotatable bonds is 4. The molecule has 0 radical (unpaired) electrons. The number of hydrogen-bond acceptors (Lipinski definition) is 4. The number of thiazole rings is 1. The van der Waals surface area contributed by atoms with E-state index in [-0.39, 0.29) is 5.91 Å². The minimum absolute atomic E-state index is 0.171. The van der Waals surface area contributed by atoms with Crippen molar-refractivity contribution in [1.82, 2.24) is 10.3 Å². The van der Waals surface area contributed by atoms with Crippen LogP contribution < -0.4 is 10.6 Å². The van der Waals surface area contributed by atoms with Gasteiger partial charge in [0.2, 0.25) is 0 Å². The number of carbonyl (C=O) groups excluding carboxylic acids is 1. The molecule has 94 valence electrons. The number of nitrogens with one attached hydrogen (secondary N) is 2. The van der Waals surface area contributed by atoms with Gasteiger partial charge in [-0.05, 0) is 18.2 Å². The molecule has 0 fully saturated rings. The highest BCUT2D eigenvalue weighted by atomic mass is 35.5. The second-order valence-corrected chi connectivity index (χ2v) is 4.76. The third kappa shape index (κ3) is 3.00. The summed E-state index contributed by atoms with van der Waals surface area (Å²) in [6, 6.07) is 5.16. The number of carbonyl (C=O) groups is 1. The second kappa shape index (κ2) is 5.84. The third-order valence-corrected chi connectivity index (χ3v) is 3.28. The van der Waals surface area contributed by atoms with Crippen LogP contribution >= 0.6 is 22.9 Å². The predicted molar refractivity (Wildman–Crippen MR) is 74.3 cm³/mol. The Balaban J connectivity index is 2.10. The number of halogens is 1. The SMILES string of the molecule is CNc1ccc(Cl)cc1C(=O)NCc1cscn1. The summed E-state index contributed by atoms with van der Waals surface area (Å²) in [5, 5.41) is 8.21. The van der Waals surface area contributed by atoms with Crippen molar-refractivity contribution in [2.75, 3.05) is 12.4 Å². The van der Waals surface area contributed by atoms with Crippen molar-refractivity contribution >= 4 is 34.5 Å². The number of amides is 1. The molecular weight excluding hydrogens is 270 g/mol. The zero-order valence-electron chi connectivity index (χ0n) is 9.74. The fourth-order valence-corrected chi connectivity index (χ4v) is 2.24. The largest absolute Gasteiger partial charge is 0.387 e. The van der Waals surface area contributed by atoms with Crippen LogP contribution in [0.15, 0.2) is 29.1 Å². The van der Waals surface area contributed by atoms with Crippen molar-refractivity contribution in [2.45, 2.75) is 6.54 Å². The number of anilines is 1. The van der Waals surface area contributed by atoms with E-state index in [9.17, 15) is 4.79 Å². The zero-order valence-corrected chi connectivity index (χ0v) is 11.3. The van der Waals surface area contributed by atoms with Crippen molar-refractivity contribution in [3.05, 3.63) is 45.4 Å². The van der Waals surface area contributed by atoms with Crippen LogP contribution in [0.5, 0.6) is 0 Å². The van der Waals surface area contributed by atoms with Crippen LogP contribution in [0, 0.1) is 0 Å². The topological polar surface area (TPSA) is 54.0 Å². The van der Waals surface area contributed by atoms with Crippen molar-refractivity contribution in [3.8, 4) is 0 Å². The van der Waals surface area contributed by atoms with E-state index in [0.717, 1.165) is 11.4 Å². The van der Waals surface area contributed by atoms with Crippen LogP contribution in [0.3, 0.4) is 0 Å². The van der Waals surface area contributed by atoms with Crippen molar-refractivity contribution < 1.29 is 4.79 Å². The maximum absolute atomic E-state index is 12.0. The van der Waals surface area contributed by atoms with Gasteiger partial charge < -0.3 is 10.6 Å². The Morgan fingerprint density at radius 3 is 3.00 bits per heavy atom. The second-order valence-electron chi connectivity index (χ2n) is 3.60. The maximum atomic E-state index is 12.0. The Kier molecular flexibility index (Phi) is 4.17. The highest BCUT2D eigenvalue weighted by molar-refractivity contribution is 7.07. The molecule has 0 atom stereocenters. The molecule has 0 aliphatic rings. The monoisotopic (exact) mass is 281 g/mol. The minimum Gasteiger partial charge on any atom is -0.387 e. The first kappa shape index (κ1) is 12.9. The van der Waals surface area contributed by atoms with Gasteiger partial charge in [-0.15, -0.1) is 11.3 Å². The molecule has 0 unspecified atom stereocenters. The smallest absolute Gasteiger partial charge is 0.253 e. The van der Waals surface area contributed by atoms with Crippen molar-refractivity contribution in [1.29, 1.82) is 0 Å². The maximum Gasteiger partial charge on any atom is 0.253 e. The summed E-state index contributed by atoms with van der Waals surface area (Å²) in [5.74, 6) is -0.171. The minimum atomic E-state index is -0.171. The first-order valence-electron chi connectivity index (χ1n) is 5.33. The van der Waals surface area contributed by atoms with Crippen LogP contribution in [0.4, 0.5) is 5.69 Å². The molecular formula is C12H12ClN3OS. The van der Waals surface area contributed by atoms with Gasteiger partial charge in [-0.1, -0.05) is 11.6 Å². The molecule has 1 amide bonds. The first-order chi connectivity index (χ1) is 8.70. The number of aromatic nitrogens is 1. The highest BCUT2D eigenvalue weighted by Crippen LogP contribution is 2.20. The highest BCUT2D eigenvalue weighted by Gasteiger charge is 2.11. The van der Waals surface area contributed by atoms with E-state index in [0.29, 0.717) is 17.1 Å². The van der Waals surface area contributed by atoms with E-state index in [4.69, 9.17) is 11.6 Å². The van der Waals surface area contributed by atoms with Crippen molar-refractivity contribution in [3.63, 3.8) is 0 Å². The molecule has 2 rings (SSSR count). The number of benzene rings is 1. The molecule has 0 spiro atoms. The van der Waals surface area contributed by atoms with Crippen LogP contribution in [0.25, 0.3) is 0 Å². The van der Waals surface area contributed by atoms with E-state index in [2.05, 4.69) is 15.6 Å². The Bertz CT molecular complexity index is 542. The Morgan fingerprint density at radius 1 is 1.50 bits per heavy atom. The van der Waals surface area contributed by atoms with Gasteiger partial charge >= 0.3 is 0 Å². The summed E-state index contributed by atoms with van der Waals surface area (Å²) in [5.41, 5.74) is 3.86. The van der Waals surface area contributed by atoms with Gasteiger partial charge in [0, 0.05) is 23.1 Å². The zero-order chi connectivity index (χ0) is 13.0. The molecule has 1 heterocycles. The molecule has 0 saturated heterocycles. The summed E-state index contributed by atoms with van der Waals surface area (Å²) >= 11 is 7.40. The number of hydrogen-bond donors (Lipinski definition) is 2. The molecule has 1 aromatic heterocycles. The molecule has 18 heavy (non-hydrogen) atoms. The van der Waals surface area contributed by atoms with Crippen LogP contribution in [-0.2, 0) is 6.54 Å². The molecule has 2 aromatic rings. The van der Waals surface area contributed by atoms with Gasteiger partial charge in [0.05, 0.1) is 23.3 Å². The molecule has 0 saturated carbocycles. The Labute approximate surface area is 114 Å². The Hall–Kier alpha value is -1.59. The quantitative estimate of drug-likeness (QED) is 0.906. The van der Waals surface area contributed by atoms with Crippen molar-refractivity contribution in [2.24, 2.45) is 0 Å². The lowest BCUT2D eigenvalue weighted by atomic mass is 10.1. The predicted octanol–water partition coefficient (Wildman–Crippen LogP) is 2.77. The normalized spacial score (nSPS) is 10.1. The lowest BCUT2D eigenvalue weighted by Crippen LogP contribution is -2.23. The van der Waals surface area contributed by atoms with Crippen LogP contribution in [-0.4, -0.2) is 17.9 Å². The van der Waals surface area contributed by atoms with Gasteiger partial charge in [0.15, 0.2) is 0 Å². The molecule has 0 aliphatic carbocycles. The van der Waals surface area contributed by atoms with E-state index in [1.165, 1.54) is 11.3 Å². The fourth-order valence-electron chi connectivity index (χ4n) is 1.51. The van der Waals surface area contributed by atoms with E-state index >= 15 is 0 Å². The standard InChI is InChI=1S/C12H12ClN3OS/c1-14-11-3-2-8(13)4-10(11)12(17)15-5-9-6-18-7-16-9/h2-4,6-7,14H,5H2,1H3,(H,15,17). The van der Waals surface area contributed by atoms with E-state index in [1.54, 1.807) is 30.8 Å². The van der Waals surface area contributed by atoms with Gasteiger partial charge in [-0.3, -0.25) is 4.79 Å². The molecule has 0 bridgehead atoms. The molecule has 1 aromatic carbocycles. The fraction of sp³-hybridized carbons (Fsp3) is 0.167. The Morgan fingerprint density at radius 2 is 2.33 bits per heavy atom. The lowest BCUT2D eigenvalue weighted by Gasteiger charge is -2.09. The average Bonchev–Trinajstić information content (AvgIpc) is 2.89. The van der Waals surface area contributed by atoms with Gasteiger partial charge in [-0.2, -0.15) is 0 Å². The van der Waals surface area contributed by atoms with E-state index in [1.807, 2.05) is 5.38 Å². The summed E-state index contributed by atoms with van der Waals surface area (Å²) in [6.07, 6.45) is 0. The summed E-state index contributed by atoms with van der Waals surface area (Å²) in [4.78, 5) is 16.1. The van der Waals surface area contributed by atoms with Crippen LogP contribution in [0.1, 0.15) is 16.1 Å². The molecule has 0 aliphatic heterocycles.